The number of hydrogen-bond donors (Lipinski definition) is 1. The molecule has 2 saturated heterocycles. The summed E-state index contributed by atoms with van der Waals surface area (Å²) in [7, 11) is -2.93. The minimum absolute atomic E-state index is 0.0326. The third kappa shape index (κ3) is 5.73. The van der Waals surface area contributed by atoms with Crippen LogP contribution in [0, 0.1) is 5.92 Å². The Morgan fingerprint density at radius 3 is 2.40 bits per heavy atom. The Labute approximate surface area is 147 Å². The van der Waals surface area contributed by atoms with Crippen molar-refractivity contribution < 1.29 is 21.6 Å². The van der Waals surface area contributed by atoms with Gasteiger partial charge in [-0.05, 0) is 26.2 Å². The van der Waals surface area contributed by atoms with Gasteiger partial charge in [-0.25, -0.2) is 8.42 Å². The second-order valence-corrected chi connectivity index (χ2v) is 8.93. The van der Waals surface area contributed by atoms with Gasteiger partial charge < -0.3 is 10.2 Å². The minimum atomic E-state index is -4.21. The van der Waals surface area contributed by atoms with Gasteiger partial charge in [0.2, 0.25) is 0 Å². The van der Waals surface area contributed by atoms with Crippen LogP contribution in [0.4, 0.5) is 13.2 Å². The summed E-state index contributed by atoms with van der Waals surface area (Å²) in [6, 6.07) is -1.45. The quantitative estimate of drug-likeness (QED) is 0.578. The molecule has 2 aliphatic heterocycles. The molecule has 0 radical (unpaired) electrons. The molecule has 2 fully saturated rings. The highest BCUT2D eigenvalue weighted by atomic mass is 32.2. The van der Waals surface area contributed by atoms with Gasteiger partial charge in [-0.1, -0.05) is 0 Å². The zero-order chi connectivity index (χ0) is 18.7. The topological polar surface area (TPSA) is 65.0 Å². The van der Waals surface area contributed by atoms with E-state index in [2.05, 4.69) is 10.3 Å². The molecule has 0 aromatic carbocycles. The Morgan fingerprint density at radius 2 is 1.92 bits per heavy atom. The first-order valence-corrected chi connectivity index (χ1v) is 10.5. The third-order valence-electron chi connectivity index (χ3n) is 4.80. The second kappa shape index (κ2) is 8.11. The predicted octanol–water partition coefficient (Wildman–Crippen LogP) is 0.955. The summed E-state index contributed by atoms with van der Waals surface area (Å²) in [5.74, 6) is 1.08. The van der Waals surface area contributed by atoms with Crippen LogP contribution in [0.2, 0.25) is 0 Å². The summed E-state index contributed by atoms with van der Waals surface area (Å²) in [5, 5.41) is 3.16. The molecule has 0 spiro atoms. The number of piperazine rings is 1. The molecule has 2 atom stereocenters. The fourth-order valence-electron chi connectivity index (χ4n) is 3.19. The number of halogens is 3. The average molecular weight is 384 g/mol. The highest BCUT2D eigenvalue weighted by molar-refractivity contribution is 7.91. The van der Waals surface area contributed by atoms with E-state index in [1.807, 2.05) is 11.8 Å². The van der Waals surface area contributed by atoms with Crippen LogP contribution in [0.1, 0.15) is 20.3 Å². The monoisotopic (exact) mass is 384 g/mol. The lowest BCUT2D eigenvalue weighted by Crippen LogP contribution is -2.56. The van der Waals surface area contributed by atoms with E-state index >= 15 is 0 Å². The van der Waals surface area contributed by atoms with E-state index < -0.39 is 22.1 Å². The molecule has 0 amide bonds. The molecule has 0 saturated carbocycles. The van der Waals surface area contributed by atoms with Crippen LogP contribution in [0.5, 0.6) is 0 Å². The number of sulfone groups is 1. The second-order valence-electron chi connectivity index (χ2n) is 6.70. The number of guanidine groups is 1. The fourth-order valence-corrected chi connectivity index (χ4v) is 5.03. The van der Waals surface area contributed by atoms with E-state index in [4.69, 9.17) is 0 Å². The summed E-state index contributed by atoms with van der Waals surface area (Å²) in [5.41, 5.74) is 0. The summed E-state index contributed by atoms with van der Waals surface area (Å²) >= 11 is 0. The number of nitrogens with zero attached hydrogens (tertiary/aromatic N) is 3. The van der Waals surface area contributed by atoms with Crippen molar-refractivity contribution in [3.63, 3.8) is 0 Å². The van der Waals surface area contributed by atoms with Crippen LogP contribution >= 0.6 is 0 Å². The van der Waals surface area contributed by atoms with Crippen molar-refractivity contribution in [2.45, 2.75) is 32.5 Å². The molecule has 25 heavy (non-hydrogen) atoms. The molecule has 146 valence electrons. The summed E-state index contributed by atoms with van der Waals surface area (Å²) in [6.07, 6.45) is -3.59. The molecule has 0 aliphatic carbocycles. The molecule has 0 bridgehead atoms. The average Bonchev–Trinajstić information content (AvgIpc) is 2.89. The van der Waals surface area contributed by atoms with Gasteiger partial charge in [0, 0.05) is 39.3 Å². The SMILES string of the molecule is CCNC(=NCC1CCS(=O)(=O)C1)N1CCN(C(C)C(F)(F)F)CC1. The Bertz CT molecular complexity index is 572. The van der Waals surface area contributed by atoms with E-state index in [0.29, 0.717) is 51.6 Å². The van der Waals surface area contributed by atoms with Crippen LogP contribution in [0.15, 0.2) is 4.99 Å². The highest BCUT2D eigenvalue weighted by Gasteiger charge is 2.41. The van der Waals surface area contributed by atoms with Crippen molar-refractivity contribution in [1.29, 1.82) is 0 Å². The maximum absolute atomic E-state index is 12.8. The largest absolute Gasteiger partial charge is 0.403 e. The zero-order valence-corrected chi connectivity index (χ0v) is 15.5. The van der Waals surface area contributed by atoms with E-state index in [0.717, 1.165) is 0 Å². The number of nitrogens with one attached hydrogen (secondary N) is 1. The van der Waals surface area contributed by atoms with Gasteiger partial charge >= 0.3 is 6.18 Å². The first kappa shape index (κ1) is 20.3. The molecule has 0 aromatic rings. The summed E-state index contributed by atoms with van der Waals surface area (Å²) in [4.78, 5) is 7.91. The lowest BCUT2D eigenvalue weighted by molar-refractivity contribution is -0.181. The lowest BCUT2D eigenvalue weighted by Gasteiger charge is -2.39. The van der Waals surface area contributed by atoms with Gasteiger partial charge in [0.05, 0.1) is 11.5 Å². The van der Waals surface area contributed by atoms with Gasteiger partial charge in [-0.15, -0.1) is 0 Å². The normalized spacial score (nSPS) is 26.7. The fraction of sp³-hybridized carbons (Fsp3) is 0.933. The van der Waals surface area contributed by atoms with Crippen molar-refractivity contribution in [3.8, 4) is 0 Å². The molecule has 2 unspecified atom stereocenters. The van der Waals surface area contributed by atoms with Gasteiger partial charge in [-0.3, -0.25) is 9.89 Å². The van der Waals surface area contributed by atoms with E-state index in [9.17, 15) is 21.6 Å². The molecule has 0 aromatic heterocycles. The summed E-state index contributed by atoms with van der Waals surface area (Å²) < 4.78 is 61.5. The Hall–Kier alpha value is -1.03. The number of aliphatic imine (C=N–C) groups is 1. The lowest BCUT2D eigenvalue weighted by atomic mass is 10.1. The van der Waals surface area contributed by atoms with Crippen LogP contribution < -0.4 is 5.32 Å². The first-order valence-electron chi connectivity index (χ1n) is 8.67. The van der Waals surface area contributed by atoms with Gasteiger partial charge in [-0.2, -0.15) is 13.2 Å². The van der Waals surface area contributed by atoms with Gasteiger partial charge in [0.25, 0.3) is 0 Å². The van der Waals surface area contributed by atoms with Crippen molar-refractivity contribution in [2.75, 3.05) is 50.8 Å². The molecule has 6 nitrogen and oxygen atoms in total. The maximum Gasteiger partial charge on any atom is 0.403 e. The molecular weight excluding hydrogens is 357 g/mol. The molecule has 2 rings (SSSR count). The van der Waals surface area contributed by atoms with Crippen molar-refractivity contribution >= 4 is 15.8 Å². The van der Waals surface area contributed by atoms with Crippen molar-refractivity contribution in [3.05, 3.63) is 0 Å². The van der Waals surface area contributed by atoms with Crippen molar-refractivity contribution in [2.24, 2.45) is 10.9 Å². The number of alkyl halides is 3. The Morgan fingerprint density at radius 1 is 1.28 bits per heavy atom. The maximum atomic E-state index is 12.8. The van der Waals surface area contributed by atoms with Crippen molar-refractivity contribution in [1.82, 2.24) is 15.1 Å². The van der Waals surface area contributed by atoms with E-state index in [-0.39, 0.29) is 17.4 Å². The van der Waals surface area contributed by atoms with Crippen LogP contribution in [-0.2, 0) is 9.84 Å². The molecular formula is C15H27F3N4O2S. The van der Waals surface area contributed by atoms with Gasteiger partial charge in [0.15, 0.2) is 15.8 Å². The Balaban J connectivity index is 1.92. The van der Waals surface area contributed by atoms with E-state index in [1.54, 1.807) is 0 Å². The zero-order valence-electron chi connectivity index (χ0n) is 14.7. The number of rotatable bonds is 4. The molecule has 10 heteroatoms. The summed E-state index contributed by atoms with van der Waals surface area (Å²) in [6.45, 7) is 5.78. The smallest absolute Gasteiger partial charge is 0.357 e. The van der Waals surface area contributed by atoms with Crippen LogP contribution in [0.25, 0.3) is 0 Å². The van der Waals surface area contributed by atoms with Crippen LogP contribution in [0.3, 0.4) is 0 Å². The van der Waals surface area contributed by atoms with Gasteiger partial charge in [0.1, 0.15) is 6.04 Å². The minimum Gasteiger partial charge on any atom is -0.357 e. The molecule has 1 N–H and O–H groups in total. The number of hydrogen-bond acceptors (Lipinski definition) is 4. The third-order valence-corrected chi connectivity index (χ3v) is 6.63. The van der Waals surface area contributed by atoms with E-state index in [1.165, 1.54) is 11.8 Å². The first-order chi connectivity index (χ1) is 11.6. The molecule has 2 aliphatic rings. The highest BCUT2D eigenvalue weighted by Crippen LogP contribution is 2.25. The molecule has 2 heterocycles. The Kier molecular flexibility index (Phi) is 6.58. The van der Waals surface area contributed by atoms with Crippen LogP contribution in [-0.4, -0.2) is 87.2 Å². The standard InChI is InChI=1S/C15H27F3N4O2S/c1-3-19-14(20-10-13-4-9-25(23,24)11-13)22-7-5-21(6-8-22)12(2)15(16,17)18/h12-13H,3-11H2,1-2H3,(H,19,20). The predicted molar refractivity (Wildman–Crippen MR) is 91.4 cm³/mol.